The fraction of sp³-hybridized carbons (Fsp3) is 0.333. The number of hydrogen-bond acceptors (Lipinski definition) is 4. The molecule has 0 N–H and O–H groups in total. The lowest BCUT2D eigenvalue weighted by molar-refractivity contribution is 0.182. The van der Waals surface area contributed by atoms with Crippen molar-refractivity contribution in [3.05, 3.63) is 51.7 Å². The fourth-order valence-electron chi connectivity index (χ4n) is 2.56. The molecule has 4 nitrogen and oxygen atoms in total. The number of halogens is 1. The Hall–Kier alpha value is -0.920. The summed E-state index contributed by atoms with van der Waals surface area (Å²) in [7, 11) is -3.50. The minimum Gasteiger partial charge on any atom is -0.296 e. The number of sulfonamides is 1. The summed E-state index contributed by atoms with van der Waals surface area (Å²) in [5.74, 6) is 0. The molecule has 0 radical (unpaired) electrons. The van der Waals surface area contributed by atoms with Crippen LogP contribution in [-0.2, 0) is 16.6 Å². The summed E-state index contributed by atoms with van der Waals surface area (Å²) in [5, 5.41) is 4.48. The third-order valence-electron chi connectivity index (χ3n) is 3.77. The summed E-state index contributed by atoms with van der Waals surface area (Å²) in [6.45, 7) is 3.35. The standard InChI is InChI=1S/C15H17ClN2O2S2/c16-14-3-1-2-4-15(14)22(19,20)18-8-6-17(7-9-18)11-13-5-10-21-12-13/h1-5,10,12H,6-9,11H2. The van der Waals surface area contributed by atoms with Crippen LogP contribution < -0.4 is 0 Å². The Morgan fingerprint density at radius 1 is 1.09 bits per heavy atom. The van der Waals surface area contributed by atoms with Gasteiger partial charge in [0.2, 0.25) is 10.0 Å². The van der Waals surface area contributed by atoms with Gasteiger partial charge in [0.05, 0.1) is 5.02 Å². The van der Waals surface area contributed by atoms with Crippen LogP contribution in [-0.4, -0.2) is 43.8 Å². The topological polar surface area (TPSA) is 40.6 Å². The Kier molecular flexibility index (Phi) is 4.84. The first kappa shape index (κ1) is 16.0. The zero-order chi connectivity index (χ0) is 15.6. The second-order valence-corrected chi connectivity index (χ2v) is 8.34. The van der Waals surface area contributed by atoms with Crippen molar-refractivity contribution < 1.29 is 8.42 Å². The van der Waals surface area contributed by atoms with Crippen LogP contribution >= 0.6 is 22.9 Å². The number of hydrogen-bond donors (Lipinski definition) is 0. The Balaban J connectivity index is 1.67. The minimum atomic E-state index is -3.50. The molecule has 2 aromatic rings. The molecule has 0 bridgehead atoms. The molecule has 1 aliphatic heterocycles. The summed E-state index contributed by atoms with van der Waals surface area (Å²) < 4.78 is 26.8. The second-order valence-electron chi connectivity index (χ2n) is 5.24. The molecule has 0 atom stereocenters. The van der Waals surface area contributed by atoms with E-state index in [0.29, 0.717) is 13.1 Å². The molecular weight excluding hydrogens is 340 g/mol. The van der Waals surface area contributed by atoms with E-state index >= 15 is 0 Å². The van der Waals surface area contributed by atoms with Gasteiger partial charge in [-0.2, -0.15) is 15.6 Å². The van der Waals surface area contributed by atoms with Crippen LogP contribution in [0.2, 0.25) is 5.02 Å². The van der Waals surface area contributed by atoms with E-state index in [0.717, 1.165) is 19.6 Å². The van der Waals surface area contributed by atoms with Crippen molar-refractivity contribution in [2.75, 3.05) is 26.2 Å². The van der Waals surface area contributed by atoms with Crippen LogP contribution in [0, 0.1) is 0 Å². The maximum Gasteiger partial charge on any atom is 0.244 e. The lowest BCUT2D eigenvalue weighted by atomic mass is 10.3. The molecule has 1 saturated heterocycles. The predicted octanol–water partition coefficient (Wildman–Crippen LogP) is 2.91. The molecule has 2 heterocycles. The summed E-state index contributed by atoms with van der Waals surface area (Å²) in [4.78, 5) is 2.48. The van der Waals surface area contributed by atoms with E-state index in [1.165, 1.54) is 9.87 Å². The average molecular weight is 357 g/mol. The van der Waals surface area contributed by atoms with Crippen molar-refractivity contribution in [3.8, 4) is 0 Å². The van der Waals surface area contributed by atoms with Gasteiger partial charge in [-0.1, -0.05) is 23.7 Å². The van der Waals surface area contributed by atoms with E-state index in [-0.39, 0.29) is 9.92 Å². The molecule has 22 heavy (non-hydrogen) atoms. The van der Waals surface area contributed by atoms with Gasteiger partial charge < -0.3 is 0 Å². The first-order chi connectivity index (χ1) is 10.6. The summed E-state index contributed by atoms with van der Waals surface area (Å²) in [6.07, 6.45) is 0. The molecule has 1 aromatic heterocycles. The van der Waals surface area contributed by atoms with Crippen molar-refractivity contribution >= 4 is 33.0 Å². The SMILES string of the molecule is O=S(=O)(c1ccccc1Cl)N1CCN(Cc2ccsc2)CC1. The van der Waals surface area contributed by atoms with E-state index < -0.39 is 10.0 Å². The van der Waals surface area contributed by atoms with Gasteiger partial charge in [0.1, 0.15) is 4.90 Å². The highest BCUT2D eigenvalue weighted by Crippen LogP contribution is 2.25. The Bertz CT molecular complexity index is 724. The van der Waals surface area contributed by atoms with Gasteiger partial charge in [0.25, 0.3) is 0 Å². The molecule has 1 aromatic carbocycles. The Labute approximate surface area is 140 Å². The average Bonchev–Trinajstić information content (AvgIpc) is 3.01. The van der Waals surface area contributed by atoms with Gasteiger partial charge in [-0.25, -0.2) is 8.42 Å². The zero-order valence-electron chi connectivity index (χ0n) is 12.0. The van der Waals surface area contributed by atoms with Gasteiger partial charge in [-0.15, -0.1) is 0 Å². The monoisotopic (exact) mass is 356 g/mol. The molecule has 7 heteroatoms. The number of piperazine rings is 1. The molecule has 1 aliphatic rings. The predicted molar refractivity (Wildman–Crippen MR) is 89.8 cm³/mol. The highest BCUT2D eigenvalue weighted by Gasteiger charge is 2.29. The van der Waals surface area contributed by atoms with Crippen LogP contribution in [0.5, 0.6) is 0 Å². The van der Waals surface area contributed by atoms with Crippen molar-refractivity contribution in [2.24, 2.45) is 0 Å². The lowest BCUT2D eigenvalue weighted by Crippen LogP contribution is -2.48. The summed E-state index contributed by atoms with van der Waals surface area (Å²) in [5.41, 5.74) is 1.28. The molecule has 1 fully saturated rings. The fourth-order valence-corrected chi connectivity index (χ4v) is 5.14. The van der Waals surface area contributed by atoms with E-state index in [1.807, 2.05) is 0 Å². The van der Waals surface area contributed by atoms with E-state index in [1.54, 1.807) is 35.6 Å². The number of rotatable bonds is 4. The minimum absolute atomic E-state index is 0.197. The summed E-state index contributed by atoms with van der Waals surface area (Å²) >= 11 is 7.72. The normalized spacial score (nSPS) is 17.7. The molecule has 0 spiro atoms. The van der Waals surface area contributed by atoms with E-state index in [9.17, 15) is 8.42 Å². The van der Waals surface area contributed by atoms with Crippen molar-refractivity contribution in [1.29, 1.82) is 0 Å². The molecule has 0 saturated carbocycles. The van der Waals surface area contributed by atoms with Crippen LogP contribution in [0.4, 0.5) is 0 Å². The van der Waals surface area contributed by atoms with Gasteiger partial charge >= 0.3 is 0 Å². The number of nitrogens with zero attached hydrogens (tertiary/aromatic N) is 2. The maximum atomic E-state index is 12.7. The molecule has 0 aliphatic carbocycles. The quantitative estimate of drug-likeness (QED) is 0.845. The van der Waals surface area contributed by atoms with E-state index in [2.05, 4.69) is 21.7 Å². The molecule has 3 rings (SSSR count). The highest BCUT2D eigenvalue weighted by molar-refractivity contribution is 7.89. The van der Waals surface area contributed by atoms with Crippen LogP contribution in [0.15, 0.2) is 46.0 Å². The molecule has 0 amide bonds. The number of benzene rings is 1. The maximum absolute atomic E-state index is 12.7. The van der Waals surface area contributed by atoms with Gasteiger partial charge in [0.15, 0.2) is 0 Å². The largest absolute Gasteiger partial charge is 0.296 e. The van der Waals surface area contributed by atoms with Crippen LogP contribution in [0.25, 0.3) is 0 Å². The summed E-state index contributed by atoms with van der Waals surface area (Å²) in [6, 6.07) is 8.72. The van der Waals surface area contributed by atoms with Crippen molar-refractivity contribution in [2.45, 2.75) is 11.4 Å². The van der Waals surface area contributed by atoms with E-state index in [4.69, 9.17) is 11.6 Å². The molecule has 0 unspecified atom stereocenters. The Morgan fingerprint density at radius 3 is 2.45 bits per heavy atom. The van der Waals surface area contributed by atoms with Crippen molar-refractivity contribution in [1.82, 2.24) is 9.21 Å². The van der Waals surface area contributed by atoms with Gasteiger partial charge in [0, 0.05) is 32.7 Å². The lowest BCUT2D eigenvalue weighted by Gasteiger charge is -2.33. The smallest absolute Gasteiger partial charge is 0.244 e. The van der Waals surface area contributed by atoms with Crippen LogP contribution in [0.1, 0.15) is 5.56 Å². The highest BCUT2D eigenvalue weighted by atomic mass is 35.5. The molecule has 118 valence electrons. The van der Waals surface area contributed by atoms with Crippen molar-refractivity contribution in [3.63, 3.8) is 0 Å². The second kappa shape index (κ2) is 6.68. The van der Waals surface area contributed by atoms with Gasteiger partial charge in [-0.3, -0.25) is 4.90 Å². The van der Waals surface area contributed by atoms with Crippen LogP contribution in [0.3, 0.4) is 0 Å². The first-order valence-corrected chi connectivity index (χ1v) is 9.81. The zero-order valence-corrected chi connectivity index (χ0v) is 14.4. The first-order valence-electron chi connectivity index (χ1n) is 7.05. The number of thiophene rings is 1. The third kappa shape index (κ3) is 3.36. The Morgan fingerprint density at radius 2 is 1.82 bits per heavy atom. The third-order valence-corrected chi connectivity index (χ3v) is 6.90. The molecular formula is C15H17ClN2O2S2. The van der Waals surface area contributed by atoms with Gasteiger partial charge in [-0.05, 0) is 34.5 Å².